The van der Waals surface area contributed by atoms with Crippen LogP contribution >= 0.6 is 0 Å². The van der Waals surface area contributed by atoms with Gasteiger partial charge in [-0.05, 0) is 13.1 Å². The van der Waals surface area contributed by atoms with Crippen molar-refractivity contribution in [3.8, 4) is 11.8 Å². The van der Waals surface area contributed by atoms with Gasteiger partial charge in [0.1, 0.15) is 11.8 Å². The molecular formula is C15H23N3O2. The fraction of sp³-hybridized carbons (Fsp3) is 0.533. The Morgan fingerprint density at radius 3 is 2.85 bits per heavy atom. The second-order valence-corrected chi connectivity index (χ2v) is 4.53. The Morgan fingerprint density at radius 1 is 1.30 bits per heavy atom. The second-order valence-electron chi connectivity index (χ2n) is 4.53. The lowest BCUT2D eigenvalue weighted by Crippen LogP contribution is -2.31. The van der Waals surface area contributed by atoms with Crippen molar-refractivity contribution in [3.05, 3.63) is 29.8 Å². The number of benzene rings is 1. The van der Waals surface area contributed by atoms with Crippen molar-refractivity contribution in [2.75, 3.05) is 47.0 Å². The number of methoxy groups -OCH3 is 1. The maximum Gasteiger partial charge on any atom is 0.174 e. The summed E-state index contributed by atoms with van der Waals surface area (Å²) < 4.78 is 10.4. The lowest BCUT2D eigenvalue weighted by Gasteiger charge is -2.16. The van der Waals surface area contributed by atoms with Crippen LogP contribution in [0.4, 0.5) is 0 Å². The molecule has 0 spiro atoms. The summed E-state index contributed by atoms with van der Waals surface area (Å²) in [6, 6.07) is 9.76. The minimum absolute atomic E-state index is 0.0801. The fourth-order valence-electron chi connectivity index (χ4n) is 1.75. The number of nitrogens with one attached hydrogen (secondary N) is 1. The number of nitriles is 1. The van der Waals surface area contributed by atoms with Crippen LogP contribution in [0.5, 0.6) is 5.75 Å². The first kappa shape index (κ1) is 16.4. The summed E-state index contributed by atoms with van der Waals surface area (Å²) in [7, 11) is 3.79. The van der Waals surface area contributed by atoms with Crippen LogP contribution in [0.3, 0.4) is 0 Å². The second kappa shape index (κ2) is 10.2. The van der Waals surface area contributed by atoms with Crippen molar-refractivity contribution in [3.63, 3.8) is 0 Å². The molecule has 0 amide bonds. The lowest BCUT2D eigenvalue weighted by atomic mass is 10.2. The van der Waals surface area contributed by atoms with Crippen LogP contribution in [-0.2, 0) is 11.3 Å². The molecule has 0 aliphatic heterocycles. The Kier molecular flexibility index (Phi) is 8.40. The van der Waals surface area contributed by atoms with E-state index in [2.05, 4.69) is 17.3 Å². The maximum atomic E-state index is 8.56. The van der Waals surface area contributed by atoms with E-state index in [1.807, 2.05) is 30.3 Å². The van der Waals surface area contributed by atoms with Crippen molar-refractivity contribution >= 4 is 0 Å². The molecule has 1 aromatic carbocycles. The molecule has 0 aliphatic carbocycles. The highest BCUT2D eigenvalue weighted by molar-refractivity contribution is 5.33. The van der Waals surface area contributed by atoms with Gasteiger partial charge in [-0.1, -0.05) is 18.2 Å². The van der Waals surface area contributed by atoms with Gasteiger partial charge in [0.05, 0.1) is 6.61 Å². The first-order valence-electron chi connectivity index (χ1n) is 6.73. The zero-order valence-corrected chi connectivity index (χ0v) is 12.3. The summed E-state index contributed by atoms with van der Waals surface area (Å²) in [5.41, 5.74) is 1.07. The fourth-order valence-corrected chi connectivity index (χ4v) is 1.75. The van der Waals surface area contributed by atoms with E-state index in [0.29, 0.717) is 0 Å². The van der Waals surface area contributed by atoms with E-state index in [1.54, 1.807) is 7.11 Å². The highest BCUT2D eigenvalue weighted by Crippen LogP contribution is 2.17. The molecule has 0 fully saturated rings. The molecule has 1 N–H and O–H groups in total. The van der Waals surface area contributed by atoms with Gasteiger partial charge in [0.15, 0.2) is 6.61 Å². The number of likely N-dealkylation sites (N-methyl/N-ethyl adjacent to an activating group) is 1. The van der Waals surface area contributed by atoms with Crippen LogP contribution in [0.2, 0.25) is 0 Å². The van der Waals surface area contributed by atoms with Crippen molar-refractivity contribution in [1.29, 1.82) is 5.26 Å². The van der Waals surface area contributed by atoms with E-state index in [9.17, 15) is 0 Å². The van der Waals surface area contributed by atoms with E-state index < -0.39 is 0 Å². The van der Waals surface area contributed by atoms with Crippen LogP contribution in [0.15, 0.2) is 24.3 Å². The quantitative estimate of drug-likeness (QED) is 0.652. The SMILES string of the molecule is COCCN(C)CCNCc1ccccc1OCC#N. The summed E-state index contributed by atoms with van der Waals surface area (Å²) in [5.74, 6) is 0.772. The van der Waals surface area contributed by atoms with E-state index in [0.717, 1.165) is 44.1 Å². The molecule has 0 radical (unpaired) electrons. The van der Waals surface area contributed by atoms with Gasteiger partial charge >= 0.3 is 0 Å². The molecule has 5 nitrogen and oxygen atoms in total. The molecular weight excluding hydrogens is 254 g/mol. The molecule has 5 heteroatoms. The van der Waals surface area contributed by atoms with Crippen LogP contribution < -0.4 is 10.1 Å². The highest BCUT2D eigenvalue weighted by Gasteiger charge is 2.03. The smallest absolute Gasteiger partial charge is 0.174 e. The molecule has 20 heavy (non-hydrogen) atoms. The van der Waals surface area contributed by atoms with Crippen LogP contribution in [0.25, 0.3) is 0 Å². The zero-order valence-electron chi connectivity index (χ0n) is 12.3. The van der Waals surface area contributed by atoms with Crippen molar-refractivity contribution < 1.29 is 9.47 Å². The minimum atomic E-state index is 0.0801. The largest absolute Gasteiger partial charge is 0.478 e. The molecule has 0 bridgehead atoms. The van der Waals surface area contributed by atoms with E-state index >= 15 is 0 Å². The number of rotatable bonds is 10. The molecule has 0 heterocycles. The average molecular weight is 277 g/mol. The van der Waals surface area contributed by atoms with Crippen LogP contribution in [0.1, 0.15) is 5.56 Å². The van der Waals surface area contributed by atoms with Crippen LogP contribution in [-0.4, -0.2) is 51.9 Å². The van der Waals surface area contributed by atoms with Crippen molar-refractivity contribution in [2.45, 2.75) is 6.54 Å². The summed E-state index contributed by atoms with van der Waals surface area (Å²) in [5, 5.41) is 11.9. The Balaban J connectivity index is 2.29. The number of para-hydroxylation sites is 1. The third-order valence-corrected chi connectivity index (χ3v) is 2.93. The number of hydrogen-bond donors (Lipinski definition) is 1. The molecule has 0 saturated carbocycles. The predicted molar refractivity (Wildman–Crippen MR) is 78.6 cm³/mol. The van der Waals surface area contributed by atoms with Gasteiger partial charge in [-0.3, -0.25) is 0 Å². The number of nitrogens with zero attached hydrogens (tertiary/aromatic N) is 2. The Labute approximate surface area is 121 Å². The topological polar surface area (TPSA) is 57.5 Å². The van der Waals surface area contributed by atoms with Crippen molar-refractivity contribution in [2.24, 2.45) is 0 Å². The molecule has 1 aromatic rings. The molecule has 0 aromatic heterocycles. The monoisotopic (exact) mass is 277 g/mol. The van der Waals surface area contributed by atoms with E-state index in [1.165, 1.54) is 0 Å². The van der Waals surface area contributed by atoms with Crippen molar-refractivity contribution in [1.82, 2.24) is 10.2 Å². The minimum Gasteiger partial charge on any atom is -0.478 e. The standard InChI is InChI=1S/C15H23N3O2/c1-18(10-12-19-2)9-8-17-13-14-5-3-4-6-15(14)20-11-7-16/h3-6,17H,8-13H2,1-2H3. The Morgan fingerprint density at radius 2 is 2.10 bits per heavy atom. The maximum absolute atomic E-state index is 8.56. The third kappa shape index (κ3) is 6.53. The van der Waals surface area contributed by atoms with Gasteiger partial charge in [0, 0.05) is 38.9 Å². The van der Waals surface area contributed by atoms with E-state index in [4.69, 9.17) is 14.7 Å². The van der Waals surface area contributed by atoms with Gasteiger partial charge in [-0.25, -0.2) is 0 Å². The van der Waals surface area contributed by atoms with Gasteiger partial charge in [0.25, 0.3) is 0 Å². The van der Waals surface area contributed by atoms with Gasteiger partial charge in [-0.15, -0.1) is 0 Å². The molecule has 110 valence electrons. The van der Waals surface area contributed by atoms with Gasteiger partial charge < -0.3 is 19.7 Å². The summed E-state index contributed by atoms with van der Waals surface area (Å²) >= 11 is 0. The molecule has 0 unspecified atom stereocenters. The summed E-state index contributed by atoms with van der Waals surface area (Å²) in [4.78, 5) is 2.22. The highest BCUT2D eigenvalue weighted by atomic mass is 16.5. The zero-order chi connectivity index (χ0) is 14.6. The van der Waals surface area contributed by atoms with Gasteiger partial charge in [-0.2, -0.15) is 5.26 Å². The molecule has 0 aliphatic rings. The summed E-state index contributed by atoms with van der Waals surface area (Å²) in [6.45, 7) is 4.36. The molecule has 0 atom stereocenters. The lowest BCUT2D eigenvalue weighted by molar-refractivity contribution is 0.161. The predicted octanol–water partition coefficient (Wildman–Crippen LogP) is 1.26. The van der Waals surface area contributed by atoms with Crippen LogP contribution in [0, 0.1) is 11.3 Å². The average Bonchev–Trinajstić information content (AvgIpc) is 2.48. The Hall–Kier alpha value is -1.61. The number of hydrogen-bond acceptors (Lipinski definition) is 5. The van der Waals surface area contributed by atoms with Gasteiger partial charge in [0.2, 0.25) is 0 Å². The number of ether oxygens (including phenoxy) is 2. The summed E-state index contributed by atoms with van der Waals surface area (Å²) in [6.07, 6.45) is 0. The van der Waals surface area contributed by atoms with E-state index in [-0.39, 0.29) is 6.61 Å². The molecule has 1 rings (SSSR count). The molecule has 0 saturated heterocycles. The first-order valence-corrected chi connectivity index (χ1v) is 6.73. The Bertz CT molecular complexity index is 418. The first-order chi connectivity index (χ1) is 9.77. The third-order valence-electron chi connectivity index (χ3n) is 2.93. The normalized spacial score (nSPS) is 10.5.